The highest BCUT2D eigenvalue weighted by molar-refractivity contribution is 7.14. The number of rotatable bonds is 1. The Balaban J connectivity index is 2.26. The molecule has 0 aliphatic heterocycles. The third-order valence-corrected chi connectivity index (χ3v) is 4.04. The van der Waals surface area contributed by atoms with Crippen molar-refractivity contribution in [1.82, 2.24) is 3.96 Å². The lowest BCUT2D eigenvalue weighted by molar-refractivity contribution is 1.14. The van der Waals surface area contributed by atoms with Crippen molar-refractivity contribution in [3.63, 3.8) is 0 Å². The van der Waals surface area contributed by atoms with Gasteiger partial charge in [0.15, 0.2) is 0 Å². The van der Waals surface area contributed by atoms with Crippen LogP contribution in [-0.2, 0) is 0 Å². The first-order valence-corrected chi connectivity index (χ1v) is 6.98. The van der Waals surface area contributed by atoms with Crippen molar-refractivity contribution in [2.75, 3.05) is 6.54 Å². The number of hydrogen-bond acceptors (Lipinski definition) is 3. The molecule has 1 heterocycles. The third kappa shape index (κ3) is 2.14. The number of hydrogen-bond donors (Lipinski definition) is 1. The van der Waals surface area contributed by atoms with Crippen LogP contribution in [-0.4, -0.2) is 10.5 Å². The van der Waals surface area contributed by atoms with E-state index in [1.54, 1.807) is 3.96 Å². The van der Waals surface area contributed by atoms with Gasteiger partial charge in [0.05, 0.1) is 22.3 Å². The maximum Gasteiger partial charge on any atom is 0.273 e. The molecule has 0 unspecified atom stereocenters. The standard InChI is InChI=1S/C16H12N2OS/c17-11-5-7-12-6-1-3-9-14(12)18-16(19)13-8-2-4-10-15(13)20-18/h1-4,6,8-10H,11,17H2. The molecule has 98 valence electrons. The van der Waals surface area contributed by atoms with E-state index in [2.05, 4.69) is 11.8 Å². The molecule has 0 amide bonds. The van der Waals surface area contributed by atoms with Gasteiger partial charge in [-0.05, 0) is 24.3 Å². The second kappa shape index (κ2) is 5.33. The van der Waals surface area contributed by atoms with Gasteiger partial charge in [0.1, 0.15) is 0 Å². The topological polar surface area (TPSA) is 48.0 Å². The summed E-state index contributed by atoms with van der Waals surface area (Å²) in [6.07, 6.45) is 0. The summed E-state index contributed by atoms with van der Waals surface area (Å²) in [7, 11) is 0. The predicted molar refractivity (Wildman–Crippen MR) is 83.4 cm³/mol. The van der Waals surface area contributed by atoms with Crippen LogP contribution < -0.4 is 11.3 Å². The first-order chi connectivity index (χ1) is 9.81. The molecule has 2 aromatic carbocycles. The number of fused-ring (bicyclic) bond motifs is 1. The van der Waals surface area contributed by atoms with Crippen LogP contribution in [0.1, 0.15) is 5.56 Å². The molecule has 3 rings (SSSR count). The number of aromatic nitrogens is 1. The lowest BCUT2D eigenvalue weighted by atomic mass is 10.2. The molecule has 20 heavy (non-hydrogen) atoms. The minimum atomic E-state index is -0.00685. The van der Waals surface area contributed by atoms with Gasteiger partial charge in [0.2, 0.25) is 0 Å². The van der Waals surface area contributed by atoms with Crippen molar-refractivity contribution in [3.8, 4) is 17.5 Å². The molecule has 0 bridgehead atoms. The predicted octanol–water partition coefficient (Wildman–Crippen LogP) is 2.36. The summed E-state index contributed by atoms with van der Waals surface area (Å²) in [5, 5.41) is 0.735. The van der Waals surface area contributed by atoms with E-state index in [-0.39, 0.29) is 5.56 Å². The molecular weight excluding hydrogens is 268 g/mol. The summed E-state index contributed by atoms with van der Waals surface area (Å²) in [5.74, 6) is 5.85. The molecule has 1 aromatic heterocycles. The van der Waals surface area contributed by atoms with Gasteiger partial charge in [0, 0.05) is 5.56 Å². The minimum absolute atomic E-state index is 0.00685. The molecule has 0 radical (unpaired) electrons. The first kappa shape index (κ1) is 12.7. The van der Waals surface area contributed by atoms with Crippen molar-refractivity contribution in [2.24, 2.45) is 5.73 Å². The summed E-state index contributed by atoms with van der Waals surface area (Å²) in [6, 6.07) is 15.2. The van der Waals surface area contributed by atoms with Gasteiger partial charge in [-0.1, -0.05) is 47.6 Å². The minimum Gasteiger partial charge on any atom is -0.320 e. The highest BCUT2D eigenvalue weighted by atomic mass is 32.1. The number of para-hydroxylation sites is 1. The van der Waals surface area contributed by atoms with E-state index in [1.165, 1.54) is 11.5 Å². The Hall–Kier alpha value is -2.35. The highest BCUT2D eigenvalue weighted by Crippen LogP contribution is 2.21. The second-order valence-corrected chi connectivity index (χ2v) is 5.20. The van der Waals surface area contributed by atoms with E-state index in [9.17, 15) is 4.79 Å². The van der Waals surface area contributed by atoms with Gasteiger partial charge >= 0.3 is 0 Å². The van der Waals surface area contributed by atoms with Crippen LogP contribution in [0.2, 0.25) is 0 Å². The van der Waals surface area contributed by atoms with Crippen LogP contribution in [0.4, 0.5) is 0 Å². The van der Waals surface area contributed by atoms with Gasteiger partial charge in [-0.25, -0.2) is 3.96 Å². The molecule has 3 nitrogen and oxygen atoms in total. The van der Waals surface area contributed by atoms with E-state index in [0.717, 1.165) is 21.3 Å². The van der Waals surface area contributed by atoms with E-state index in [1.807, 2.05) is 48.5 Å². The largest absolute Gasteiger partial charge is 0.320 e. The van der Waals surface area contributed by atoms with Crippen LogP contribution >= 0.6 is 11.5 Å². The summed E-state index contributed by atoms with van der Waals surface area (Å²) in [6.45, 7) is 0.301. The summed E-state index contributed by atoms with van der Waals surface area (Å²) >= 11 is 1.43. The van der Waals surface area contributed by atoms with Crippen LogP contribution in [0.25, 0.3) is 15.8 Å². The van der Waals surface area contributed by atoms with Gasteiger partial charge in [0.25, 0.3) is 5.56 Å². The molecule has 2 N–H and O–H groups in total. The molecule has 4 heteroatoms. The van der Waals surface area contributed by atoms with Crippen LogP contribution in [0.3, 0.4) is 0 Å². The van der Waals surface area contributed by atoms with Crippen LogP contribution in [0, 0.1) is 11.8 Å². The van der Waals surface area contributed by atoms with E-state index in [4.69, 9.17) is 5.73 Å². The smallest absolute Gasteiger partial charge is 0.273 e. The molecule has 3 aromatic rings. The zero-order valence-corrected chi connectivity index (χ0v) is 11.5. The Morgan fingerprint density at radius 2 is 1.85 bits per heavy atom. The average molecular weight is 280 g/mol. The second-order valence-electron chi connectivity index (χ2n) is 4.21. The quantitative estimate of drug-likeness (QED) is 0.696. The molecule has 0 fully saturated rings. The van der Waals surface area contributed by atoms with E-state index < -0.39 is 0 Å². The van der Waals surface area contributed by atoms with Crippen molar-refractivity contribution in [1.29, 1.82) is 0 Å². The van der Waals surface area contributed by atoms with Crippen LogP contribution in [0.15, 0.2) is 53.3 Å². The van der Waals surface area contributed by atoms with E-state index >= 15 is 0 Å². The Kier molecular flexibility index (Phi) is 3.38. The zero-order chi connectivity index (χ0) is 13.9. The monoisotopic (exact) mass is 280 g/mol. The normalized spacial score (nSPS) is 10.2. The van der Waals surface area contributed by atoms with Crippen molar-refractivity contribution >= 4 is 21.6 Å². The first-order valence-electron chi connectivity index (χ1n) is 6.20. The summed E-state index contributed by atoms with van der Waals surface area (Å²) < 4.78 is 2.66. The Bertz CT molecular complexity index is 880. The lowest BCUT2D eigenvalue weighted by Gasteiger charge is -2.03. The average Bonchev–Trinajstić information content (AvgIpc) is 2.83. The van der Waals surface area contributed by atoms with Gasteiger partial charge in [-0.2, -0.15) is 0 Å². The van der Waals surface area contributed by atoms with Crippen molar-refractivity contribution < 1.29 is 0 Å². The number of benzene rings is 2. The molecule has 0 saturated heterocycles. The maximum atomic E-state index is 12.5. The fourth-order valence-electron chi connectivity index (χ4n) is 2.03. The highest BCUT2D eigenvalue weighted by Gasteiger charge is 2.10. The Morgan fingerprint density at radius 3 is 2.65 bits per heavy atom. The van der Waals surface area contributed by atoms with Gasteiger partial charge in [-0.15, -0.1) is 0 Å². The molecular formula is C16H12N2OS. The fourth-order valence-corrected chi connectivity index (χ4v) is 3.06. The summed E-state index contributed by atoms with van der Waals surface area (Å²) in [5.41, 5.74) is 7.03. The molecule has 0 atom stereocenters. The van der Waals surface area contributed by atoms with E-state index in [0.29, 0.717) is 6.54 Å². The van der Waals surface area contributed by atoms with Gasteiger partial charge in [-0.3, -0.25) is 4.79 Å². The van der Waals surface area contributed by atoms with Crippen molar-refractivity contribution in [2.45, 2.75) is 0 Å². The Morgan fingerprint density at radius 1 is 1.10 bits per heavy atom. The summed E-state index contributed by atoms with van der Waals surface area (Å²) in [4.78, 5) is 12.5. The molecule has 0 aliphatic carbocycles. The fraction of sp³-hybridized carbons (Fsp3) is 0.0625. The third-order valence-electron chi connectivity index (χ3n) is 2.94. The molecule has 0 saturated carbocycles. The Labute approximate surface area is 120 Å². The number of nitrogens with two attached hydrogens (primary N) is 1. The van der Waals surface area contributed by atoms with Gasteiger partial charge < -0.3 is 5.73 Å². The molecule has 0 aliphatic rings. The molecule has 0 spiro atoms. The number of nitrogens with zero attached hydrogens (tertiary/aromatic N) is 1. The van der Waals surface area contributed by atoms with Crippen molar-refractivity contribution in [3.05, 3.63) is 64.4 Å². The van der Waals surface area contributed by atoms with Crippen LogP contribution in [0.5, 0.6) is 0 Å². The zero-order valence-electron chi connectivity index (χ0n) is 10.7. The maximum absolute atomic E-state index is 12.5. The lowest BCUT2D eigenvalue weighted by Crippen LogP contribution is -2.11. The SMILES string of the molecule is NCC#Cc1ccccc1-n1sc2ccccc2c1=O.